The maximum absolute atomic E-state index is 12.5. The van der Waals surface area contributed by atoms with Gasteiger partial charge in [-0.15, -0.1) is 0 Å². The molecule has 0 aromatic heterocycles. The number of thiol groups is 1. The summed E-state index contributed by atoms with van der Waals surface area (Å²) >= 11 is 4.17. The molecule has 0 radical (unpaired) electrons. The third kappa shape index (κ3) is 5.50. The van der Waals surface area contributed by atoms with Crippen LogP contribution in [-0.2, 0) is 9.53 Å². The lowest BCUT2D eigenvalue weighted by molar-refractivity contribution is -0.139. The fraction of sp³-hybridized carbons (Fsp3) is 0.263. The highest BCUT2D eigenvalue weighted by molar-refractivity contribution is 7.80. The maximum Gasteiger partial charge on any atom is 0.325 e. The molecule has 138 valence electrons. The van der Waals surface area contributed by atoms with Gasteiger partial charge in [0, 0.05) is 29.6 Å². The Morgan fingerprint density at radius 3 is 2.58 bits per heavy atom. The van der Waals surface area contributed by atoms with E-state index in [1.54, 1.807) is 6.07 Å². The number of carbonyl (C=O) groups excluding carboxylic acids is 2. The van der Waals surface area contributed by atoms with Gasteiger partial charge in [-0.2, -0.15) is 12.6 Å². The average Bonchev–Trinajstić information content (AvgIpc) is 2.70. The second-order valence-electron chi connectivity index (χ2n) is 5.71. The zero-order chi connectivity index (χ0) is 18.9. The number of esters is 1. The molecular formula is C19H23N3O3S. The van der Waals surface area contributed by atoms with Gasteiger partial charge in [-0.25, -0.2) is 0 Å². The van der Waals surface area contributed by atoms with E-state index in [9.17, 15) is 9.59 Å². The van der Waals surface area contributed by atoms with Crippen LogP contribution in [0.3, 0.4) is 0 Å². The van der Waals surface area contributed by atoms with Gasteiger partial charge >= 0.3 is 5.97 Å². The quantitative estimate of drug-likeness (QED) is 0.419. The van der Waals surface area contributed by atoms with Crippen LogP contribution in [0.15, 0.2) is 48.5 Å². The standard InChI is InChI=1S/C19H23N3O3S/c1-25-18(23)11-22-19(24)16-8-7-15(21-10-14(20)12-26)9-17(16)13-5-3-2-4-6-13/h2-9,14,21,26H,10-12,20H2,1H3,(H,22,24). The van der Waals surface area contributed by atoms with Crippen molar-refractivity contribution in [2.75, 3.05) is 31.3 Å². The predicted molar refractivity (Wildman–Crippen MR) is 107 cm³/mol. The second-order valence-corrected chi connectivity index (χ2v) is 6.07. The van der Waals surface area contributed by atoms with Gasteiger partial charge in [0.15, 0.2) is 0 Å². The first kappa shape index (κ1) is 19.8. The molecule has 0 bridgehead atoms. The summed E-state index contributed by atoms with van der Waals surface area (Å²) in [5.41, 5.74) is 8.87. The molecular weight excluding hydrogens is 350 g/mol. The number of nitrogens with two attached hydrogens (primary N) is 1. The van der Waals surface area contributed by atoms with Crippen LogP contribution in [0.1, 0.15) is 10.4 Å². The molecule has 0 saturated heterocycles. The molecule has 0 fully saturated rings. The van der Waals surface area contributed by atoms with Crippen molar-refractivity contribution in [1.29, 1.82) is 0 Å². The van der Waals surface area contributed by atoms with Crippen molar-refractivity contribution in [2.45, 2.75) is 6.04 Å². The molecule has 0 aliphatic rings. The zero-order valence-corrected chi connectivity index (χ0v) is 15.5. The summed E-state index contributed by atoms with van der Waals surface area (Å²) < 4.78 is 4.55. The monoisotopic (exact) mass is 373 g/mol. The number of nitrogens with one attached hydrogen (secondary N) is 2. The van der Waals surface area contributed by atoms with Crippen molar-refractivity contribution in [1.82, 2.24) is 5.32 Å². The van der Waals surface area contributed by atoms with Crippen LogP contribution in [0.5, 0.6) is 0 Å². The van der Waals surface area contributed by atoms with Crippen molar-refractivity contribution in [3.8, 4) is 11.1 Å². The van der Waals surface area contributed by atoms with Crippen LogP contribution in [0.25, 0.3) is 11.1 Å². The smallest absolute Gasteiger partial charge is 0.325 e. The Balaban J connectivity index is 2.28. The molecule has 4 N–H and O–H groups in total. The average molecular weight is 373 g/mol. The van der Waals surface area contributed by atoms with Gasteiger partial charge in [0.25, 0.3) is 5.91 Å². The normalized spacial score (nSPS) is 11.5. The molecule has 2 aromatic carbocycles. The van der Waals surface area contributed by atoms with Crippen LogP contribution >= 0.6 is 12.6 Å². The highest BCUT2D eigenvalue weighted by Gasteiger charge is 2.15. The number of hydrogen-bond donors (Lipinski definition) is 4. The van der Waals surface area contributed by atoms with Gasteiger partial charge in [0.1, 0.15) is 6.54 Å². The number of methoxy groups -OCH3 is 1. The fourth-order valence-electron chi connectivity index (χ4n) is 2.34. The minimum Gasteiger partial charge on any atom is -0.468 e. The lowest BCUT2D eigenvalue weighted by atomic mass is 9.98. The van der Waals surface area contributed by atoms with Crippen LogP contribution in [0.2, 0.25) is 0 Å². The molecule has 0 aliphatic heterocycles. The highest BCUT2D eigenvalue weighted by Crippen LogP contribution is 2.27. The van der Waals surface area contributed by atoms with Crippen molar-refractivity contribution in [2.24, 2.45) is 5.73 Å². The second kappa shape index (κ2) is 9.84. The first-order chi connectivity index (χ1) is 12.5. The van der Waals surface area contributed by atoms with Gasteiger partial charge in [0.2, 0.25) is 0 Å². The van der Waals surface area contributed by atoms with Crippen molar-refractivity contribution in [3.05, 3.63) is 54.1 Å². The number of hydrogen-bond acceptors (Lipinski definition) is 6. The summed E-state index contributed by atoms with van der Waals surface area (Å²) in [6.07, 6.45) is 0. The number of carbonyl (C=O) groups is 2. The summed E-state index contributed by atoms with van der Waals surface area (Å²) in [6, 6.07) is 14.9. The third-order valence-corrected chi connectivity index (χ3v) is 4.24. The van der Waals surface area contributed by atoms with E-state index in [2.05, 4.69) is 28.0 Å². The summed E-state index contributed by atoms with van der Waals surface area (Å²) in [4.78, 5) is 23.8. The van der Waals surface area contributed by atoms with Gasteiger partial charge < -0.3 is 21.1 Å². The molecule has 0 aliphatic carbocycles. The van der Waals surface area contributed by atoms with Crippen molar-refractivity contribution >= 4 is 30.2 Å². The van der Waals surface area contributed by atoms with Gasteiger partial charge in [-0.3, -0.25) is 9.59 Å². The number of rotatable bonds is 8. The lowest BCUT2D eigenvalue weighted by Crippen LogP contribution is -2.31. The van der Waals surface area contributed by atoms with Crippen LogP contribution in [0, 0.1) is 0 Å². The largest absolute Gasteiger partial charge is 0.468 e. The van der Waals surface area contributed by atoms with Crippen LogP contribution < -0.4 is 16.4 Å². The van der Waals surface area contributed by atoms with Gasteiger partial charge in [-0.1, -0.05) is 30.3 Å². The third-order valence-electron chi connectivity index (χ3n) is 3.77. The molecule has 6 nitrogen and oxygen atoms in total. The first-order valence-corrected chi connectivity index (χ1v) is 8.83. The maximum atomic E-state index is 12.5. The first-order valence-electron chi connectivity index (χ1n) is 8.20. The molecule has 26 heavy (non-hydrogen) atoms. The van der Waals surface area contributed by atoms with E-state index in [-0.39, 0.29) is 18.5 Å². The SMILES string of the molecule is COC(=O)CNC(=O)c1ccc(NCC(N)CS)cc1-c1ccccc1. The fourth-order valence-corrected chi connectivity index (χ4v) is 2.47. The van der Waals surface area contributed by atoms with Crippen molar-refractivity contribution in [3.63, 3.8) is 0 Å². The van der Waals surface area contributed by atoms with E-state index in [1.165, 1.54) is 7.11 Å². The van der Waals surface area contributed by atoms with Gasteiger partial charge in [0.05, 0.1) is 7.11 Å². The molecule has 0 saturated carbocycles. The van der Waals surface area contributed by atoms with E-state index in [4.69, 9.17) is 5.73 Å². The highest BCUT2D eigenvalue weighted by atomic mass is 32.1. The molecule has 2 aromatic rings. The van der Waals surface area contributed by atoms with Crippen LogP contribution in [0.4, 0.5) is 5.69 Å². The molecule has 1 amide bonds. The number of benzene rings is 2. The molecule has 1 unspecified atom stereocenters. The summed E-state index contributed by atoms with van der Waals surface area (Å²) in [5.74, 6) is -0.265. The molecule has 0 heterocycles. The Kier molecular flexibility index (Phi) is 7.50. The molecule has 7 heteroatoms. The van der Waals surface area contributed by atoms with E-state index in [0.717, 1.165) is 16.8 Å². The number of amides is 1. The van der Waals surface area contributed by atoms with E-state index in [1.807, 2.05) is 42.5 Å². The number of ether oxygens (including phenoxy) is 1. The van der Waals surface area contributed by atoms with Crippen LogP contribution in [-0.4, -0.2) is 43.9 Å². The minimum absolute atomic E-state index is 0.0680. The molecule has 1 atom stereocenters. The lowest BCUT2D eigenvalue weighted by Gasteiger charge is -2.15. The van der Waals surface area contributed by atoms with Crippen molar-refractivity contribution < 1.29 is 14.3 Å². The topological polar surface area (TPSA) is 93.4 Å². The number of anilines is 1. The summed E-state index contributed by atoms with van der Waals surface area (Å²) in [7, 11) is 1.28. The van der Waals surface area contributed by atoms with E-state index >= 15 is 0 Å². The molecule has 2 rings (SSSR count). The predicted octanol–water partition coefficient (Wildman–Crippen LogP) is 1.93. The zero-order valence-electron chi connectivity index (χ0n) is 14.6. The Morgan fingerprint density at radius 1 is 1.19 bits per heavy atom. The Morgan fingerprint density at radius 2 is 1.92 bits per heavy atom. The van der Waals surface area contributed by atoms with E-state index in [0.29, 0.717) is 17.9 Å². The Bertz CT molecular complexity index is 753. The Hall–Kier alpha value is -2.51. The van der Waals surface area contributed by atoms with E-state index < -0.39 is 5.97 Å². The summed E-state index contributed by atoms with van der Waals surface area (Å²) in [6.45, 7) is 0.395. The molecule has 0 spiro atoms. The Labute approximate surface area is 158 Å². The minimum atomic E-state index is -0.501. The summed E-state index contributed by atoms with van der Waals surface area (Å²) in [5, 5.41) is 5.83. The van der Waals surface area contributed by atoms with Gasteiger partial charge in [-0.05, 0) is 29.3 Å².